The van der Waals surface area contributed by atoms with Crippen molar-refractivity contribution in [2.24, 2.45) is 11.7 Å². The molecule has 1 atom stereocenters. The number of esters is 1. The van der Waals surface area contributed by atoms with Gasteiger partial charge in [-0.15, -0.1) is 0 Å². The number of hydrogen-bond acceptors (Lipinski definition) is 3. The quantitative estimate of drug-likeness (QED) is 0.797. The molecule has 0 amide bonds. The van der Waals surface area contributed by atoms with Crippen molar-refractivity contribution in [2.75, 3.05) is 6.54 Å². The minimum Gasteiger partial charge on any atom is -0.459 e. The Morgan fingerprint density at radius 3 is 2.29 bits per heavy atom. The maximum Gasteiger partial charge on any atom is 0.338 e. The average molecular weight is 235 g/mol. The lowest BCUT2D eigenvalue weighted by Crippen LogP contribution is -2.20. The Kier molecular flexibility index (Phi) is 5.16. The molecule has 0 aliphatic carbocycles. The van der Waals surface area contributed by atoms with E-state index in [0.29, 0.717) is 18.0 Å². The highest BCUT2D eigenvalue weighted by molar-refractivity contribution is 5.89. The monoisotopic (exact) mass is 235 g/mol. The predicted molar refractivity (Wildman–Crippen MR) is 68.9 cm³/mol. The third kappa shape index (κ3) is 4.19. The average Bonchev–Trinajstić information content (AvgIpc) is 2.30. The lowest BCUT2D eigenvalue weighted by Gasteiger charge is -2.16. The van der Waals surface area contributed by atoms with Gasteiger partial charge in [-0.2, -0.15) is 0 Å². The van der Waals surface area contributed by atoms with E-state index in [1.165, 1.54) is 0 Å². The molecule has 0 bridgehead atoms. The third-order valence-corrected chi connectivity index (χ3v) is 2.85. The van der Waals surface area contributed by atoms with Crippen LogP contribution in [0.15, 0.2) is 24.3 Å². The minimum atomic E-state index is -0.259. The number of ether oxygens (including phenoxy) is 1. The second-order valence-corrected chi connectivity index (χ2v) is 4.59. The van der Waals surface area contributed by atoms with Crippen LogP contribution in [0.1, 0.15) is 36.7 Å². The van der Waals surface area contributed by atoms with Gasteiger partial charge in [0.2, 0.25) is 0 Å². The van der Waals surface area contributed by atoms with Crippen molar-refractivity contribution in [1.82, 2.24) is 0 Å². The fourth-order valence-electron chi connectivity index (χ4n) is 1.35. The molecule has 3 heteroatoms. The molecule has 3 nitrogen and oxygen atoms in total. The summed E-state index contributed by atoms with van der Waals surface area (Å²) in [6, 6.07) is 7.42. The van der Waals surface area contributed by atoms with Crippen molar-refractivity contribution in [2.45, 2.75) is 33.3 Å². The zero-order valence-electron chi connectivity index (χ0n) is 10.8. The lowest BCUT2D eigenvalue weighted by molar-refractivity contribution is 0.0238. The van der Waals surface area contributed by atoms with E-state index >= 15 is 0 Å². The van der Waals surface area contributed by atoms with Crippen LogP contribution in [0.2, 0.25) is 0 Å². The van der Waals surface area contributed by atoms with Gasteiger partial charge in [-0.25, -0.2) is 4.79 Å². The highest BCUT2D eigenvalue weighted by atomic mass is 16.5. The second kappa shape index (κ2) is 6.40. The van der Waals surface area contributed by atoms with Gasteiger partial charge in [0.1, 0.15) is 6.10 Å². The van der Waals surface area contributed by atoms with Crippen molar-refractivity contribution in [1.29, 1.82) is 0 Å². The molecular formula is C14H21NO2. The SMILES string of the molecule is CC(C)C(C)OC(=O)c1ccc(CCN)cc1. The summed E-state index contributed by atoms with van der Waals surface area (Å²) in [7, 11) is 0. The van der Waals surface area contributed by atoms with Crippen LogP contribution in [0.5, 0.6) is 0 Å². The summed E-state index contributed by atoms with van der Waals surface area (Å²) in [6.45, 7) is 6.59. The van der Waals surface area contributed by atoms with Crippen molar-refractivity contribution >= 4 is 5.97 Å². The number of hydrogen-bond donors (Lipinski definition) is 1. The Labute approximate surface area is 103 Å². The van der Waals surface area contributed by atoms with Gasteiger partial charge in [-0.05, 0) is 43.5 Å². The van der Waals surface area contributed by atoms with Crippen LogP contribution in [0.3, 0.4) is 0 Å². The molecule has 0 saturated carbocycles. The van der Waals surface area contributed by atoms with Gasteiger partial charge in [0, 0.05) is 0 Å². The molecular weight excluding hydrogens is 214 g/mol. The molecule has 2 N–H and O–H groups in total. The van der Waals surface area contributed by atoms with Crippen LogP contribution < -0.4 is 5.73 Å². The van der Waals surface area contributed by atoms with Gasteiger partial charge in [0.15, 0.2) is 0 Å². The largest absolute Gasteiger partial charge is 0.459 e. The van der Waals surface area contributed by atoms with Crippen LogP contribution in [0.4, 0.5) is 0 Å². The van der Waals surface area contributed by atoms with Crippen molar-refractivity contribution in [3.63, 3.8) is 0 Å². The van der Waals surface area contributed by atoms with Crippen molar-refractivity contribution in [3.05, 3.63) is 35.4 Å². The summed E-state index contributed by atoms with van der Waals surface area (Å²) >= 11 is 0. The Balaban J connectivity index is 2.63. The van der Waals surface area contributed by atoms with Crippen LogP contribution in [-0.4, -0.2) is 18.6 Å². The van der Waals surface area contributed by atoms with E-state index in [4.69, 9.17) is 10.5 Å². The van der Waals surface area contributed by atoms with E-state index in [0.717, 1.165) is 12.0 Å². The Morgan fingerprint density at radius 2 is 1.82 bits per heavy atom. The van der Waals surface area contributed by atoms with Gasteiger partial charge in [-0.3, -0.25) is 0 Å². The van der Waals surface area contributed by atoms with E-state index in [9.17, 15) is 4.79 Å². The Hall–Kier alpha value is -1.35. The first kappa shape index (κ1) is 13.7. The van der Waals surface area contributed by atoms with E-state index in [2.05, 4.69) is 0 Å². The summed E-state index contributed by atoms with van der Waals surface area (Å²) in [5.41, 5.74) is 7.20. The first-order chi connectivity index (χ1) is 8.04. The second-order valence-electron chi connectivity index (χ2n) is 4.59. The lowest BCUT2D eigenvalue weighted by atomic mass is 10.1. The number of rotatable bonds is 5. The molecule has 1 unspecified atom stereocenters. The molecule has 0 fully saturated rings. The van der Waals surface area contributed by atoms with E-state index in [-0.39, 0.29) is 12.1 Å². The molecule has 0 aliphatic rings. The zero-order chi connectivity index (χ0) is 12.8. The molecule has 1 aromatic rings. The summed E-state index contributed by atoms with van der Waals surface area (Å²) in [5.74, 6) is 0.0703. The number of carbonyl (C=O) groups excluding carboxylic acids is 1. The maximum atomic E-state index is 11.8. The molecule has 0 aliphatic heterocycles. The molecule has 0 saturated heterocycles. The third-order valence-electron chi connectivity index (χ3n) is 2.85. The topological polar surface area (TPSA) is 52.3 Å². The standard InChI is InChI=1S/C14H21NO2/c1-10(2)11(3)17-14(16)13-6-4-12(5-7-13)8-9-15/h4-7,10-11H,8-9,15H2,1-3H3. The molecule has 17 heavy (non-hydrogen) atoms. The minimum absolute atomic E-state index is 0.0637. The maximum absolute atomic E-state index is 11.8. The molecule has 94 valence electrons. The summed E-state index contributed by atoms with van der Waals surface area (Å²) in [6.07, 6.45) is 0.767. The fourth-order valence-corrected chi connectivity index (χ4v) is 1.35. The van der Waals surface area contributed by atoms with Crippen LogP contribution in [0.25, 0.3) is 0 Å². The molecule has 0 spiro atoms. The predicted octanol–water partition coefficient (Wildman–Crippen LogP) is 2.39. The normalized spacial score (nSPS) is 12.5. The first-order valence-corrected chi connectivity index (χ1v) is 6.04. The van der Waals surface area contributed by atoms with Gasteiger partial charge in [-0.1, -0.05) is 26.0 Å². The number of nitrogens with two attached hydrogens (primary N) is 1. The molecule has 0 heterocycles. The van der Waals surface area contributed by atoms with Gasteiger partial charge < -0.3 is 10.5 Å². The van der Waals surface area contributed by atoms with Crippen molar-refractivity contribution < 1.29 is 9.53 Å². The van der Waals surface area contributed by atoms with E-state index in [1.807, 2.05) is 32.9 Å². The Morgan fingerprint density at radius 1 is 1.24 bits per heavy atom. The smallest absolute Gasteiger partial charge is 0.338 e. The Bertz CT molecular complexity index is 357. The van der Waals surface area contributed by atoms with E-state index < -0.39 is 0 Å². The van der Waals surface area contributed by atoms with Gasteiger partial charge in [0.25, 0.3) is 0 Å². The highest BCUT2D eigenvalue weighted by Crippen LogP contribution is 2.11. The summed E-state index contributed by atoms with van der Waals surface area (Å²) in [4.78, 5) is 11.8. The van der Waals surface area contributed by atoms with Crippen LogP contribution >= 0.6 is 0 Å². The molecule has 0 radical (unpaired) electrons. The zero-order valence-corrected chi connectivity index (χ0v) is 10.8. The van der Waals surface area contributed by atoms with Crippen LogP contribution in [0, 0.1) is 5.92 Å². The van der Waals surface area contributed by atoms with Crippen molar-refractivity contribution in [3.8, 4) is 0 Å². The molecule has 1 rings (SSSR count). The molecule has 0 aromatic heterocycles. The first-order valence-electron chi connectivity index (χ1n) is 6.04. The molecule has 1 aromatic carbocycles. The summed E-state index contributed by atoms with van der Waals surface area (Å²) in [5, 5.41) is 0. The van der Waals surface area contributed by atoms with Crippen LogP contribution in [-0.2, 0) is 11.2 Å². The summed E-state index contributed by atoms with van der Waals surface area (Å²) < 4.78 is 5.33. The number of benzene rings is 1. The van der Waals surface area contributed by atoms with E-state index in [1.54, 1.807) is 12.1 Å². The fraction of sp³-hybridized carbons (Fsp3) is 0.500. The van der Waals surface area contributed by atoms with Gasteiger partial charge in [0.05, 0.1) is 5.56 Å². The number of carbonyl (C=O) groups is 1. The van der Waals surface area contributed by atoms with Gasteiger partial charge >= 0.3 is 5.97 Å². The highest BCUT2D eigenvalue weighted by Gasteiger charge is 2.14.